The molecular weight excluding hydrogens is 578 g/mol. The van der Waals surface area contributed by atoms with Crippen LogP contribution in [0.25, 0.3) is 17.1 Å². The van der Waals surface area contributed by atoms with Gasteiger partial charge in [-0.25, -0.2) is 13.4 Å². The maximum atomic E-state index is 12.3. The van der Waals surface area contributed by atoms with Gasteiger partial charge in [0.2, 0.25) is 16.0 Å². The lowest BCUT2D eigenvalue weighted by Crippen LogP contribution is -2.42. The van der Waals surface area contributed by atoms with E-state index in [1.54, 1.807) is 37.7 Å². The number of sulfonamides is 1. The Balaban J connectivity index is 1.47. The van der Waals surface area contributed by atoms with E-state index >= 15 is 0 Å². The molecule has 2 aromatic carbocycles. The molecule has 44 heavy (non-hydrogen) atoms. The first-order valence-electron chi connectivity index (χ1n) is 14.5. The summed E-state index contributed by atoms with van der Waals surface area (Å²) in [4.78, 5) is 22.6. The summed E-state index contributed by atoms with van der Waals surface area (Å²) >= 11 is 0. The van der Waals surface area contributed by atoms with Crippen molar-refractivity contribution in [2.75, 3.05) is 60.8 Å². The number of anilines is 6. The Hall–Kier alpha value is -4.49. The quantitative estimate of drug-likeness (QED) is 0.209. The molecule has 2 aromatic heterocycles. The Morgan fingerprint density at radius 3 is 2.50 bits per heavy atom. The Morgan fingerprint density at radius 2 is 1.84 bits per heavy atom. The number of rotatable bonds is 11. The van der Waals surface area contributed by atoms with Gasteiger partial charge in [-0.05, 0) is 57.1 Å². The number of piperidine rings is 1. The molecule has 1 aliphatic rings. The predicted octanol–water partition coefficient (Wildman–Crippen LogP) is 5.02. The Kier molecular flexibility index (Phi) is 9.16. The Labute approximate surface area is 258 Å². The van der Waals surface area contributed by atoms with Gasteiger partial charge in [0.1, 0.15) is 17.1 Å². The van der Waals surface area contributed by atoms with E-state index in [1.807, 2.05) is 0 Å². The molecule has 1 aliphatic heterocycles. The van der Waals surface area contributed by atoms with Crippen molar-refractivity contribution < 1.29 is 13.2 Å². The van der Waals surface area contributed by atoms with Gasteiger partial charge in [-0.15, -0.1) is 0 Å². The van der Waals surface area contributed by atoms with Crippen molar-refractivity contribution in [3.8, 4) is 5.75 Å². The van der Waals surface area contributed by atoms with E-state index in [1.165, 1.54) is 17.4 Å². The smallest absolute Gasteiger partial charge is 0.229 e. The minimum atomic E-state index is -3.62. The molecule has 13 heteroatoms. The lowest BCUT2D eigenvalue weighted by molar-refractivity contribution is 0.249. The van der Waals surface area contributed by atoms with Crippen LogP contribution in [0.5, 0.6) is 5.75 Å². The van der Waals surface area contributed by atoms with Crippen LogP contribution in [0.4, 0.5) is 34.5 Å². The number of nitrogens with zero attached hydrogens (tertiary/aromatic N) is 6. The third-order valence-corrected chi connectivity index (χ3v) is 8.36. The molecule has 3 heterocycles. The second-order valence-electron chi connectivity index (χ2n) is 11.0. The molecule has 232 valence electrons. The highest BCUT2D eigenvalue weighted by Gasteiger charge is 2.24. The molecule has 0 aliphatic carbocycles. The van der Waals surface area contributed by atoms with E-state index < -0.39 is 10.0 Å². The summed E-state index contributed by atoms with van der Waals surface area (Å²) in [5, 5.41) is 6.58. The Morgan fingerprint density at radius 1 is 1.09 bits per heavy atom. The maximum Gasteiger partial charge on any atom is 0.229 e. The second kappa shape index (κ2) is 13.0. The van der Waals surface area contributed by atoms with Gasteiger partial charge in [-0.1, -0.05) is 19.6 Å². The van der Waals surface area contributed by atoms with E-state index in [-0.39, 0.29) is 5.69 Å². The highest BCUT2D eigenvalue weighted by Crippen LogP contribution is 2.37. The van der Waals surface area contributed by atoms with Gasteiger partial charge in [0.25, 0.3) is 0 Å². The summed E-state index contributed by atoms with van der Waals surface area (Å²) in [6.45, 7) is 8.02. The van der Waals surface area contributed by atoms with Crippen LogP contribution in [-0.2, 0) is 16.4 Å². The van der Waals surface area contributed by atoms with E-state index in [2.05, 4.69) is 79.8 Å². The van der Waals surface area contributed by atoms with Crippen molar-refractivity contribution in [1.29, 1.82) is 0 Å². The van der Waals surface area contributed by atoms with Crippen molar-refractivity contribution in [1.82, 2.24) is 24.8 Å². The van der Waals surface area contributed by atoms with Crippen LogP contribution in [-0.4, -0.2) is 79.8 Å². The van der Waals surface area contributed by atoms with Gasteiger partial charge in [0.15, 0.2) is 0 Å². The minimum absolute atomic E-state index is 0.265. The zero-order chi connectivity index (χ0) is 31.4. The normalized spacial score (nSPS) is 14.1. The molecule has 5 rings (SSSR count). The number of fused-ring (bicyclic) bond motifs is 1. The van der Waals surface area contributed by atoms with E-state index in [0.29, 0.717) is 45.8 Å². The first-order valence-corrected chi connectivity index (χ1v) is 16.4. The SMILES string of the molecule is C=Cc1cnc(Nc2cc(CC)c(N3CCC(N(C)C)CC3)cc2OC)nc1Nc1ccc2nccnc2c1NS(C)(=O)=O. The number of benzene rings is 2. The van der Waals surface area contributed by atoms with Crippen LogP contribution in [0.15, 0.2) is 49.4 Å². The largest absolute Gasteiger partial charge is 0.494 e. The molecule has 1 fully saturated rings. The van der Waals surface area contributed by atoms with Gasteiger partial charge >= 0.3 is 0 Å². The molecular formula is C31H39N9O3S. The zero-order valence-corrected chi connectivity index (χ0v) is 26.6. The fourth-order valence-electron chi connectivity index (χ4n) is 5.46. The monoisotopic (exact) mass is 617 g/mol. The summed E-state index contributed by atoms with van der Waals surface area (Å²) in [5.74, 6) is 1.44. The van der Waals surface area contributed by atoms with Crippen LogP contribution in [0.1, 0.15) is 30.9 Å². The predicted molar refractivity (Wildman–Crippen MR) is 178 cm³/mol. The number of aryl methyl sites for hydroxylation is 1. The van der Waals surface area contributed by atoms with Gasteiger partial charge in [0, 0.05) is 55.0 Å². The molecule has 1 saturated heterocycles. The van der Waals surface area contributed by atoms with Crippen molar-refractivity contribution in [3.05, 3.63) is 60.6 Å². The number of hydrogen-bond acceptors (Lipinski definition) is 11. The number of methoxy groups -OCH3 is 1. The van der Waals surface area contributed by atoms with Gasteiger partial charge in [-0.3, -0.25) is 14.7 Å². The third-order valence-electron chi connectivity index (χ3n) is 7.78. The van der Waals surface area contributed by atoms with Crippen LogP contribution in [0.3, 0.4) is 0 Å². The van der Waals surface area contributed by atoms with Crippen LogP contribution in [0.2, 0.25) is 0 Å². The number of aromatic nitrogens is 4. The molecule has 0 unspecified atom stereocenters. The molecule has 0 saturated carbocycles. The maximum absolute atomic E-state index is 12.3. The van der Waals surface area contributed by atoms with E-state index in [9.17, 15) is 8.42 Å². The summed E-state index contributed by atoms with van der Waals surface area (Å²) in [7, 11) is 2.32. The van der Waals surface area contributed by atoms with Gasteiger partial charge < -0.3 is 25.2 Å². The first kappa shape index (κ1) is 31.0. The van der Waals surface area contributed by atoms with Gasteiger partial charge in [0.05, 0.1) is 35.9 Å². The molecule has 0 bridgehead atoms. The fraction of sp³-hybridized carbons (Fsp3) is 0.355. The summed E-state index contributed by atoms with van der Waals surface area (Å²) in [6.07, 6.45) is 10.5. The topological polar surface area (TPSA) is 138 Å². The molecule has 0 amide bonds. The lowest BCUT2D eigenvalue weighted by atomic mass is 10.0. The zero-order valence-electron chi connectivity index (χ0n) is 25.8. The molecule has 0 spiro atoms. The molecule has 0 atom stereocenters. The summed E-state index contributed by atoms with van der Waals surface area (Å²) < 4.78 is 32.9. The van der Waals surface area contributed by atoms with E-state index in [4.69, 9.17) is 9.72 Å². The van der Waals surface area contributed by atoms with Gasteiger partial charge in [-0.2, -0.15) is 4.98 Å². The fourth-order valence-corrected chi connectivity index (χ4v) is 6.04. The molecule has 3 N–H and O–H groups in total. The lowest BCUT2D eigenvalue weighted by Gasteiger charge is -2.37. The average molecular weight is 618 g/mol. The standard InChI is InChI=1S/C31H39N9O3S/c1-7-20-17-25(27(43-5)18-26(20)40-15-11-22(12-16-40)39(3)4)36-31-34-19-21(8-2)30(37-31)35-24-10-9-23-28(33-14-13-32-23)29(24)38-44(6,41)42/h8-10,13-14,17-19,22,38H,2,7,11-12,15-16H2,1,3-6H3,(H2,34,35,36,37). The van der Waals surface area contributed by atoms with E-state index in [0.717, 1.165) is 44.3 Å². The number of nitrogens with one attached hydrogen (secondary N) is 3. The molecule has 12 nitrogen and oxygen atoms in total. The summed E-state index contributed by atoms with van der Waals surface area (Å²) in [6, 6.07) is 8.27. The first-order chi connectivity index (χ1) is 21.1. The number of ether oxygens (including phenoxy) is 1. The van der Waals surface area contributed by atoms with Crippen molar-refractivity contribution >= 4 is 61.6 Å². The average Bonchev–Trinajstić information content (AvgIpc) is 3.01. The van der Waals surface area contributed by atoms with Crippen molar-refractivity contribution in [2.24, 2.45) is 0 Å². The Bertz CT molecular complexity index is 1770. The highest BCUT2D eigenvalue weighted by molar-refractivity contribution is 7.92. The second-order valence-corrected chi connectivity index (χ2v) is 12.7. The summed E-state index contributed by atoms with van der Waals surface area (Å²) in [5.41, 5.74) is 5.41. The van der Waals surface area contributed by atoms with Crippen molar-refractivity contribution in [3.63, 3.8) is 0 Å². The minimum Gasteiger partial charge on any atom is -0.494 e. The van der Waals surface area contributed by atoms with Crippen LogP contribution >= 0.6 is 0 Å². The number of hydrogen-bond donors (Lipinski definition) is 3. The highest BCUT2D eigenvalue weighted by atomic mass is 32.2. The molecule has 0 radical (unpaired) electrons. The van der Waals surface area contributed by atoms with Crippen LogP contribution in [0, 0.1) is 0 Å². The van der Waals surface area contributed by atoms with Crippen molar-refractivity contribution in [2.45, 2.75) is 32.2 Å². The third kappa shape index (κ3) is 6.84. The van der Waals surface area contributed by atoms with Crippen LogP contribution < -0.4 is 25.0 Å². The molecule has 4 aromatic rings.